The molecule has 1 aliphatic rings. The molecule has 0 radical (unpaired) electrons. The Morgan fingerprint density at radius 1 is 1.56 bits per heavy atom. The highest BCUT2D eigenvalue weighted by Gasteiger charge is 2.43. The van der Waals surface area contributed by atoms with Crippen molar-refractivity contribution in [2.75, 3.05) is 0 Å². The summed E-state index contributed by atoms with van der Waals surface area (Å²) >= 11 is 5.71. The summed E-state index contributed by atoms with van der Waals surface area (Å²) in [5.41, 5.74) is 0.561. The Labute approximate surface area is 97.4 Å². The Morgan fingerprint density at radius 2 is 2.19 bits per heavy atom. The molecule has 0 spiro atoms. The standard InChI is InChI=1S/C10H11ClN2O3/c1-10(2)4-3-6-7(13(15)16)5-8(11)12(14)9(6)10/h5H,3-4H2,1-2H3. The molecule has 0 N–H and O–H groups in total. The maximum Gasteiger partial charge on any atom is 0.293 e. The molecule has 16 heavy (non-hydrogen) atoms. The molecule has 2 rings (SSSR count). The maximum atomic E-state index is 11.8. The van der Waals surface area contributed by atoms with Crippen molar-refractivity contribution in [3.8, 4) is 0 Å². The summed E-state index contributed by atoms with van der Waals surface area (Å²) in [4.78, 5) is 10.4. The molecule has 0 saturated heterocycles. The van der Waals surface area contributed by atoms with Gasteiger partial charge < -0.3 is 5.21 Å². The zero-order valence-corrected chi connectivity index (χ0v) is 9.74. The molecule has 0 atom stereocenters. The minimum Gasteiger partial charge on any atom is -0.617 e. The van der Waals surface area contributed by atoms with Crippen molar-refractivity contribution in [1.29, 1.82) is 0 Å². The number of hydrogen-bond donors (Lipinski definition) is 0. The Bertz CT molecular complexity index is 485. The number of hydrogen-bond acceptors (Lipinski definition) is 3. The molecule has 0 bridgehead atoms. The number of nitro groups is 1. The van der Waals surface area contributed by atoms with Crippen LogP contribution in [0.2, 0.25) is 5.15 Å². The molecule has 0 amide bonds. The average molecular weight is 243 g/mol. The van der Waals surface area contributed by atoms with Gasteiger partial charge in [0, 0.05) is 0 Å². The first-order valence-corrected chi connectivity index (χ1v) is 5.32. The molecule has 0 aliphatic heterocycles. The number of pyridine rings is 1. The lowest BCUT2D eigenvalue weighted by atomic mass is 9.90. The number of aromatic nitrogens is 1. The molecular weight excluding hydrogens is 232 g/mol. The average Bonchev–Trinajstić information content (AvgIpc) is 2.48. The van der Waals surface area contributed by atoms with Gasteiger partial charge in [-0.2, -0.15) is 4.73 Å². The third-order valence-corrected chi connectivity index (χ3v) is 3.35. The minimum absolute atomic E-state index is 0.0438. The summed E-state index contributed by atoms with van der Waals surface area (Å²) in [6.45, 7) is 3.79. The first kappa shape index (κ1) is 11.1. The van der Waals surface area contributed by atoms with Gasteiger partial charge in [-0.1, -0.05) is 0 Å². The van der Waals surface area contributed by atoms with Gasteiger partial charge in [-0.25, -0.2) is 0 Å². The van der Waals surface area contributed by atoms with E-state index < -0.39 is 4.92 Å². The fraction of sp³-hybridized carbons (Fsp3) is 0.500. The second-order valence-corrected chi connectivity index (χ2v) is 5.00. The summed E-state index contributed by atoms with van der Waals surface area (Å²) in [5.74, 6) is 0. The van der Waals surface area contributed by atoms with Crippen molar-refractivity contribution in [2.45, 2.75) is 32.1 Å². The summed E-state index contributed by atoms with van der Waals surface area (Å²) in [6.07, 6.45) is 1.28. The molecule has 6 heteroatoms. The van der Waals surface area contributed by atoms with E-state index in [0.29, 0.717) is 22.4 Å². The van der Waals surface area contributed by atoms with Crippen LogP contribution in [0.1, 0.15) is 31.5 Å². The molecule has 0 aromatic carbocycles. The van der Waals surface area contributed by atoms with Crippen LogP contribution in [-0.2, 0) is 11.8 Å². The third-order valence-electron chi connectivity index (χ3n) is 3.09. The van der Waals surface area contributed by atoms with Crippen LogP contribution < -0.4 is 4.73 Å². The van der Waals surface area contributed by atoms with E-state index in [1.807, 2.05) is 13.8 Å². The van der Waals surface area contributed by atoms with Gasteiger partial charge in [0.1, 0.15) is 6.07 Å². The molecule has 1 heterocycles. The molecule has 0 saturated carbocycles. The molecule has 1 aliphatic carbocycles. The topological polar surface area (TPSA) is 70.1 Å². The Kier molecular flexibility index (Phi) is 2.31. The van der Waals surface area contributed by atoms with E-state index in [1.54, 1.807) is 0 Å². The lowest BCUT2D eigenvalue weighted by Crippen LogP contribution is -2.39. The van der Waals surface area contributed by atoms with Crippen molar-refractivity contribution < 1.29 is 9.65 Å². The largest absolute Gasteiger partial charge is 0.617 e. The van der Waals surface area contributed by atoms with Gasteiger partial charge in [0.2, 0.25) is 5.69 Å². The van der Waals surface area contributed by atoms with Crippen molar-refractivity contribution in [3.05, 3.63) is 37.8 Å². The summed E-state index contributed by atoms with van der Waals surface area (Å²) in [5, 5.41) is 22.5. The molecule has 1 aromatic rings. The summed E-state index contributed by atoms with van der Waals surface area (Å²) in [6, 6.07) is 1.13. The van der Waals surface area contributed by atoms with E-state index in [4.69, 9.17) is 11.6 Å². The van der Waals surface area contributed by atoms with Crippen LogP contribution >= 0.6 is 11.6 Å². The fourth-order valence-corrected chi connectivity index (χ4v) is 2.45. The quantitative estimate of drug-likeness (QED) is 0.249. The highest BCUT2D eigenvalue weighted by atomic mass is 35.5. The van der Waals surface area contributed by atoms with Gasteiger partial charge in [-0.15, -0.1) is 0 Å². The van der Waals surface area contributed by atoms with Crippen LogP contribution in [0.15, 0.2) is 6.07 Å². The van der Waals surface area contributed by atoms with Crippen LogP contribution in [0.5, 0.6) is 0 Å². The van der Waals surface area contributed by atoms with Gasteiger partial charge in [0.25, 0.3) is 10.8 Å². The van der Waals surface area contributed by atoms with Crippen molar-refractivity contribution in [1.82, 2.24) is 0 Å². The highest BCUT2D eigenvalue weighted by molar-refractivity contribution is 6.28. The van der Waals surface area contributed by atoms with Crippen LogP contribution in [0.3, 0.4) is 0 Å². The van der Waals surface area contributed by atoms with Crippen molar-refractivity contribution in [3.63, 3.8) is 0 Å². The van der Waals surface area contributed by atoms with E-state index >= 15 is 0 Å². The van der Waals surface area contributed by atoms with Gasteiger partial charge in [-0.3, -0.25) is 10.1 Å². The smallest absolute Gasteiger partial charge is 0.293 e. The van der Waals surface area contributed by atoms with Crippen LogP contribution in [-0.4, -0.2) is 4.92 Å². The third kappa shape index (κ3) is 1.43. The monoisotopic (exact) mass is 242 g/mol. The molecule has 86 valence electrons. The van der Waals surface area contributed by atoms with Gasteiger partial charge >= 0.3 is 0 Å². The molecule has 5 nitrogen and oxygen atoms in total. The summed E-state index contributed by atoms with van der Waals surface area (Å²) in [7, 11) is 0. The predicted molar refractivity (Wildman–Crippen MR) is 58.4 cm³/mol. The normalized spacial score (nSPS) is 17.2. The Hall–Kier alpha value is -1.36. The SMILES string of the molecule is CC1(C)CCc2c([N+](=O)[O-])cc(Cl)[n+]([O-])c21. The molecule has 0 fully saturated rings. The summed E-state index contributed by atoms with van der Waals surface area (Å²) < 4.78 is 0.608. The molecule has 1 aromatic heterocycles. The zero-order valence-electron chi connectivity index (χ0n) is 8.99. The molecule has 0 unspecified atom stereocenters. The van der Waals surface area contributed by atoms with Crippen LogP contribution in [0.4, 0.5) is 5.69 Å². The Balaban J connectivity index is 2.78. The highest BCUT2D eigenvalue weighted by Crippen LogP contribution is 2.40. The number of nitrogens with zero attached hydrogens (tertiary/aromatic N) is 2. The second-order valence-electron chi connectivity index (χ2n) is 4.61. The van der Waals surface area contributed by atoms with Gasteiger partial charge in [-0.05, 0) is 38.3 Å². The van der Waals surface area contributed by atoms with E-state index in [1.165, 1.54) is 0 Å². The van der Waals surface area contributed by atoms with Crippen LogP contribution in [0.25, 0.3) is 0 Å². The van der Waals surface area contributed by atoms with Gasteiger partial charge in [0.05, 0.1) is 15.9 Å². The van der Waals surface area contributed by atoms with Crippen LogP contribution in [0, 0.1) is 15.3 Å². The Morgan fingerprint density at radius 3 is 2.75 bits per heavy atom. The lowest BCUT2D eigenvalue weighted by Gasteiger charge is -2.17. The first-order chi connectivity index (χ1) is 7.34. The lowest BCUT2D eigenvalue weighted by molar-refractivity contribution is -0.616. The predicted octanol–water partition coefficient (Wildman–Crippen LogP) is 2.11. The fourth-order valence-electron chi connectivity index (χ4n) is 2.26. The number of fused-ring (bicyclic) bond motifs is 1. The van der Waals surface area contributed by atoms with Crippen molar-refractivity contribution >= 4 is 17.3 Å². The van der Waals surface area contributed by atoms with Gasteiger partial charge in [0.15, 0.2) is 0 Å². The number of halogens is 1. The second kappa shape index (κ2) is 3.31. The van der Waals surface area contributed by atoms with Crippen molar-refractivity contribution in [2.24, 2.45) is 0 Å². The van der Waals surface area contributed by atoms with E-state index in [9.17, 15) is 15.3 Å². The van der Waals surface area contributed by atoms with E-state index in [2.05, 4.69) is 0 Å². The maximum absolute atomic E-state index is 11.8. The zero-order chi connectivity index (χ0) is 12.1. The van der Waals surface area contributed by atoms with E-state index in [0.717, 1.165) is 12.5 Å². The first-order valence-electron chi connectivity index (χ1n) is 4.94. The minimum atomic E-state index is -0.480. The van der Waals surface area contributed by atoms with E-state index in [-0.39, 0.29) is 16.3 Å². The number of rotatable bonds is 1. The molecular formula is C10H11ClN2O3.